The standard InChI is InChI=1S/C33H32Si.2ClH.Zr/c1-3-4-5-14-23-34(2,32-28-19-10-6-15-24(28)25-16-7-11-20-29(25)32)33-30-21-12-8-17-26(30)27-18-9-13-22-31(27)33;;;/h3,6-13,15-22,28,33H,1,4-5,14,23H2,2H3;2*1H;/q;;;+2/p-2. The van der Waals surface area contributed by atoms with Gasteiger partial charge in [-0.25, -0.2) is 0 Å². The molecule has 0 heterocycles. The van der Waals surface area contributed by atoms with Crippen molar-refractivity contribution in [3.05, 3.63) is 131 Å². The fraction of sp³-hybridized carbons (Fsp3) is 0.212. The van der Waals surface area contributed by atoms with Crippen molar-refractivity contribution < 1.29 is 51.0 Å². The number of unbranched alkanes of at least 4 members (excludes halogenated alkanes) is 2. The Morgan fingerprint density at radius 3 is 2.03 bits per heavy atom. The van der Waals surface area contributed by atoms with Gasteiger partial charge in [0, 0.05) is 11.5 Å². The van der Waals surface area contributed by atoms with Crippen LogP contribution < -0.4 is 35.3 Å². The summed E-state index contributed by atoms with van der Waals surface area (Å²) in [5.74, 6) is 0.415. The number of allylic oxidation sites excluding steroid dienone is 5. The molecule has 0 amide bonds. The Morgan fingerprint density at radius 2 is 1.38 bits per heavy atom. The van der Waals surface area contributed by atoms with E-state index in [2.05, 4.69) is 116 Å². The Kier molecular flexibility index (Phi) is 10.0. The molecule has 0 saturated heterocycles. The van der Waals surface area contributed by atoms with E-state index in [1.807, 2.05) is 0 Å². The largest absolute Gasteiger partial charge is 2.00 e. The fourth-order valence-electron chi connectivity index (χ4n) is 6.91. The molecule has 3 aliphatic carbocycles. The van der Waals surface area contributed by atoms with Crippen LogP contribution in [0.4, 0.5) is 0 Å². The number of hydrogen-bond acceptors (Lipinski definition) is 0. The third kappa shape index (κ3) is 4.92. The van der Waals surface area contributed by atoms with Crippen LogP contribution in [0.3, 0.4) is 0 Å². The fourth-order valence-corrected chi connectivity index (χ4v) is 12.4. The minimum Gasteiger partial charge on any atom is -1.00 e. The number of rotatable bonds is 7. The van der Waals surface area contributed by atoms with Crippen molar-refractivity contribution in [1.82, 2.24) is 0 Å². The zero-order valence-corrected chi connectivity index (χ0v) is 26.2. The SMILES string of the molecule is C=CCCCC[Si](C)(C1=c2ccccc2=C2C=CC=CC21)C1c2ccccc2-c2ccccc21.[Cl-].[Cl-].[Zr+2]. The van der Waals surface area contributed by atoms with E-state index in [9.17, 15) is 0 Å². The summed E-state index contributed by atoms with van der Waals surface area (Å²) in [6.45, 7) is 6.68. The van der Waals surface area contributed by atoms with Gasteiger partial charge in [0.15, 0.2) is 0 Å². The van der Waals surface area contributed by atoms with Gasteiger partial charge in [0.2, 0.25) is 0 Å². The van der Waals surface area contributed by atoms with Gasteiger partial charge in [-0.05, 0) is 44.7 Å². The molecule has 0 fully saturated rings. The van der Waals surface area contributed by atoms with Gasteiger partial charge in [0.05, 0.1) is 8.07 Å². The number of halogens is 2. The summed E-state index contributed by atoms with van der Waals surface area (Å²) in [6.07, 6.45) is 15.0. The molecule has 3 aromatic carbocycles. The summed E-state index contributed by atoms with van der Waals surface area (Å²) in [5.41, 5.74) is 7.99. The monoisotopic (exact) mass is 616 g/mol. The van der Waals surface area contributed by atoms with E-state index in [-0.39, 0.29) is 51.0 Å². The minimum atomic E-state index is -2.02. The van der Waals surface area contributed by atoms with Crippen LogP contribution in [0.5, 0.6) is 0 Å². The summed E-state index contributed by atoms with van der Waals surface area (Å²) in [7, 11) is -2.02. The van der Waals surface area contributed by atoms with Crippen molar-refractivity contribution in [3.63, 3.8) is 0 Å². The van der Waals surface area contributed by atoms with Crippen molar-refractivity contribution in [1.29, 1.82) is 0 Å². The molecule has 2 unspecified atom stereocenters. The molecule has 0 aromatic heterocycles. The van der Waals surface area contributed by atoms with Crippen molar-refractivity contribution in [3.8, 4) is 11.1 Å². The second-order valence-electron chi connectivity index (χ2n) is 10.2. The zero-order valence-electron chi connectivity index (χ0n) is 21.3. The number of fused-ring (bicyclic) bond motifs is 5. The topological polar surface area (TPSA) is 0 Å². The number of benzene rings is 3. The third-order valence-electron chi connectivity index (χ3n) is 8.31. The van der Waals surface area contributed by atoms with E-state index in [0.717, 1.165) is 6.42 Å². The number of hydrogen-bond donors (Lipinski definition) is 0. The molecule has 0 nitrogen and oxygen atoms in total. The zero-order chi connectivity index (χ0) is 23.1. The summed E-state index contributed by atoms with van der Waals surface area (Å²) < 4.78 is 0. The molecular weight excluding hydrogens is 587 g/mol. The normalized spacial score (nSPS) is 17.8. The van der Waals surface area contributed by atoms with E-state index in [0.29, 0.717) is 11.5 Å². The average molecular weight is 619 g/mol. The second-order valence-corrected chi connectivity index (χ2v) is 14.6. The van der Waals surface area contributed by atoms with Gasteiger partial charge >= 0.3 is 26.2 Å². The maximum Gasteiger partial charge on any atom is 2.00 e. The van der Waals surface area contributed by atoms with Crippen LogP contribution in [0.15, 0.2) is 110 Å². The van der Waals surface area contributed by atoms with Gasteiger partial charge in [-0.15, -0.1) is 6.58 Å². The first-order valence-corrected chi connectivity index (χ1v) is 15.5. The van der Waals surface area contributed by atoms with Gasteiger partial charge in [-0.1, -0.05) is 134 Å². The molecule has 4 heteroatoms. The predicted octanol–water partition coefficient (Wildman–Crippen LogP) is 1.08. The smallest absolute Gasteiger partial charge is 1.00 e. The van der Waals surface area contributed by atoms with E-state index in [4.69, 9.17) is 0 Å². The Morgan fingerprint density at radius 1 is 0.784 bits per heavy atom. The van der Waals surface area contributed by atoms with Crippen LogP contribution >= 0.6 is 0 Å². The molecule has 37 heavy (non-hydrogen) atoms. The first-order chi connectivity index (χ1) is 16.7. The molecule has 0 bridgehead atoms. The molecule has 0 radical (unpaired) electrons. The second kappa shape index (κ2) is 12.4. The maximum atomic E-state index is 3.98. The van der Waals surface area contributed by atoms with E-state index in [1.165, 1.54) is 46.0 Å². The van der Waals surface area contributed by atoms with Crippen LogP contribution in [0.2, 0.25) is 12.6 Å². The average Bonchev–Trinajstić information content (AvgIpc) is 3.41. The minimum absolute atomic E-state index is 0. The first-order valence-electron chi connectivity index (χ1n) is 12.7. The van der Waals surface area contributed by atoms with Gasteiger partial charge in [-0.3, -0.25) is 0 Å². The Bertz CT molecular complexity index is 1430. The van der Waals surface area contributed by atoms with Crippen molar-refractivity contribution in [2.45, 2.75) is 37.4 Å². The van der Waals surface area contributed by atoms with Crippen LogP contribution in [-0.2, 0) is 26.2 Å². The van der Waals surface area contributed by atoms with Gasteiger partial charge in [0.1, 0.15) is 0 Å². The summed E-state index contributed by atoms with van der Waals surface area (Å²) >= 11 is 0. The quantitative estimate of drug-likeness (QED) is 0.211. The molecule has 186 valence electrons. The molecule has 0 spiro atoms. The predicted molar refractivity (Wildman–Crippen MR) is 148 cm³/mol. The summed E-state index contributed by atoms with van der Waals surface area (Å²) in [4.78, 5) is 0. The van der Waals surface area contributed by atoms with Crippen LogP contribution in [0, 0.1) is 5.92 Å². The summed E-state index contributed by atoms with van der Waals surface area (Å²) in [6, 6.07) is 28.9. The van der Waals surface area contributed by atoms with Gasteiger partial charge in [0.25, 0.3) is 0 Å². The van der Waals surface area contributed by atoms with Crippen molar-refractivity contribution in [2.75, 3.05) is 0 Å². The molecule has 0 N–H and O–H groups in total. The Balaban J connectivity index is 0.00000127. The maximum absolute atomic E-state index is 3.98. The molecule has 3 aliphatic rings. The molecule has 3 aromatic rings. The van der Waals surface area contributed by atoms with Crippen molar-refractivity contribution >= 4 is 18.8 Å². The van der Waals surface area contributed by atoms with Crippen LogP contribution in [0.25, 0.3) is 21.9 Å². The molecule has 0 saturated carbocycles. The molecule has 6 rings (SSSR count). The van der Waals surface area contributed by atoms with Gasteiger partial charge < -0.3 is 24.8 Å². The Hall–Kier alpha value is -1.70. The van der Waals surface area contributed by atoms with E-state index >= 15 is 0 Å². The first kappa shape index (κ1) is 29.9. The van der Waals surface area contributed by atoms with Crippen molar-refractivity contribution in [2.24, 2.45) is 5.92 Å². The molecular formula is C33H32Cl2SiZr. The van der Waals surface area contributed by atoms with Crippen LogP contribution in [0.1, 0.15) is 35.9 Å². The molecule has 0 aliphatic heterocycles. The Labute approximate surface area is 253 Å². The van der Waals surface area contributed by atoms with E-state index < -0.39 is 8.07 Å². The van der Waals surface area contributed by atoms with Gasteiger partial charge in [-0.2, -0.15) is 0 Å². The summed E-state index contributed by atoms with van der Waals surface area (Å²) in [5, 5.41) is 4.71. The van der Waals surface area contributed by atoms with Crippen LogP contribution in [-0.4, -0.2) is 8.07 Å². The molecule has 2 atom stereocenters. The third-order valence-corrected chi connectivity index (χ3v) is 13.4. The van der Waals surface area contributed by atoms with E-state index in [1.54, 1.807) is 16.3 Å².